The van der Waals surface area contributed by atoms with Gasteiger partial charge in [0, 0.05) is 31.6 Å². The number of ether oxygens (including phenoxy) is 1. The molecule has 4 N–H and O–H groups in total. The van der Waals surface area contributed by atoms with Crippen LogP contribution in [0.5, 0.6) is 5.75 Å². The van der Waals surface area contributed by atoms with Crippen LogP contribution in [0.15, 0.2) is 78.9 Å². The van der Waals surface area contributed by atoms with Gasteiger partial charge in [-0.1, -0.05) is 66.7 Å². The number of hydrogen-bond donors (Lipinski definition) is 4. The SMILES string of the molecule is O=C1NC[C@H](O)CN(Cc2ccccc2)CC2(COc3cc(-c4ccccc4)ccc31)C[C@@H](O)[C@@H](O)C2. The predicted octanol–water partition coefficient (Wildman–Crippen LogP) is 2.84. The second-order valence-corrected chi connectivity index (χ2v) is 10.4. The second-order valence-electron chi connectivity index (χ2n) is 10.4. The van der Waals surface area contributed by atoms with E-state index in [1.807, 2.05) is 72.8 Å². The van der Waals surface area contributed by atoms with E-state index in [1.54, 1.807) is 6.07 Å². The molecule has 1 spiro atoms. The van der Waals surface area contributed by atoms with Crippen molar-refractivity contribution in [3.63, 3.8) is 0 Å². The van der Waals surface area contributed by atoms with Crippen molar-refractivity contribution in [3.8, 4) is 16.9 Å². The van der Waals surface area contributed by atoms with E-state index in [0.717, 1.165) is 16.7 Å². The lowest BCUT2D eigenvalue weighted by atomic mass is 9.85. The molecular formula is C30H34N2O5. The Morgan fingerprint density at radius 2 is 1.57 bits per heavy atom. The molecular weight excluding hydrogens is 468 g/mol. The van der Waals surface area contributed by atoms with E-state index in [2.05, 4.69) is 10.2 Å². The average molecular weight is 503 g/mol. The van der Waals surface area contributed by atoms with E-state index in [-0.39, 0.29) is 19.1 Å². The van der Waals surface area contributed by atoms with Crippen LogP contribution in [0.4, 0.5) is 0 Å². The summed E-state index contributed by atoms with van der Waals surface area (Å²) in [6.07, 6.45) is -1.74. The molecule has 3 aromatic rings. The molecule has 1 unspecified atom stereocenters. The van der Waals surface area contributed by atoms with Crippen LogP contribution in [0.1, 0.15) is 28.8 Å². The monoisotopic (exact) mass is 502 g/mol. The summed E-state index contributed by atoms with van der Waals surface area (Å²) in [5, 5.41) is 34.7. The van der Waals surface area contributed by atoms with Crippen molar-refractivity contribution < 1.29 is 24.9 Å². The highest BCUT2D eigenvalue weighted by molar-refractivity contribution is 5.97. The number of fused-ring (bicyclic) bond motifs is 1. The molecule has 1 saturated carbocycles. The van der Waals surface area contributed by atoms with Crippen molar-refractivity contribution in [3.05, 3.63) is 90.0 Å². The third-order valence-corrected chi connectivity index (χ3v) is 7.37. The van der Waals surface area contributed by atoms with Gasteiger partial charge in [0.05, 0.1) is 30.5 Å². The fraction of sp³-hybridized carbons (Fsp3) is 0.367. The third kappa shape index (κ3) is 6.02. The minimum Gasteiger partial charge on any atom is -0.492 e. The topological polar surface area (TPSA) is 102 Å². The number of carbonyl (C=O) groups is 1. The molecule has 2 aliphatic rings. The Morgan fingerprint density at radius 1 is 0.892 bits per heavy atom. The largest absolute Gasteiger partial charge is 0.492 e. The van der Waals surface area contributed by atoms with Crippen molar-refractivity contribution in [1.29, 1.82) is 0 Å². The number of amides is 1. The highest BCUT2D eigenvalue weighted by atomic mass is 16.5. The highest BCUT2D eigenvalue weighted by Crippen LogP contribution is 2.41. The van der Waals surface area contributed by atoms with Crippen LogP contribution in [-0.4, -0.2) is 70.7 Å². The maximum absolute atomic E-state index is 13.1. The zero-order valence-electron chi connectivity index (χ0n) is 20.8. The van der Waals surface area contributed by atoms with E-state index in [1.165, 1.54) is 0 Å². The van der Waals surface area contributed by atoms with Crippen molar-refractivity contribution in [1.82, 2.24) is 10.2 Å². The van der Waals surface area contributed by atoms with Gasteiger partial charge >= 0.3 is 0 Å². The first-order valence-electron chi connectivity index (χ1n) is 12.8. The Balaban J connectivity index is 1.49. The molecule has 1 aliphatic heterocycles. The van der Waals surface area contributed by atoms with E-state index in [0.29, 0.717) is 43.8 Å². The Hall–Kier alpha value is -3.23. The molecule has 7 heteroatoms. The van der Waals surface area contributed by atoms with Crippen LogP contribution in [0, 0.1) is 5.41 Å². The maximum atomic E-state index is 13.1. The van der Waals surface area contributed by atoms with Gasteiger partial charge in [0.1, 0.15) is 5.75 Å². The molecule has 7 nitrogen and oxygen atoms in total. The summed E-state index contributed by atoms with van der Waals surface area (Å²) in [7, 11) is 0. The van der Waals surface area contributed by atoms with Gasteiger partial charge in [-0.25, -0.2) is 0 Å². The van der Waals surface area contributed by atoms with Gasteiger partial charge in [-0.15, -0.1) is 0 Å². The van der Waals surface area contributed by atoms with Crippen molar-refractivity contribution >= 4 is 5.91 Å². The zero-order valence-corrected chi connectivity index (χ0v) is 20.8. The number of β-amino-alcohol motifs (C(OH)–C–C–N with tert-alkyl or cyclic N) is 1. The van der Waals surface area contributed by atoms with Gasteiger partial charge in [-0.3, -0.25) is 9.69 Å². The summed E-state index contributed by atoms with van der Waals surface area (Å²) >= 11 is 0. The van der Waals surface area contributed by atoms with Gasteiger partial charge < -0.3 is 25.4 Å². The Kier molecular flexibility index (Phi) is 7.58. The second kappa shape index (κ2) is 11.0. The van der Waals surface area contributed by atoms with E-state index in [9.17, 15) is 20.1 Å². The highest BCUT2D eigenvalue weighted by Gasteiger charge is 2.46. The minimum absolute atomic E-state index is 0.0995. The minimum atomic E-state index is -0.849. The molecule has 0 radical (unpaired) electrons. The lowest BCUT2D eigenvalue weighted by Gasteiger charge is -2.37. The molecule has 1 heterocycles. The number of nitrogens with one attached hydrogen (secondary N) is 1. The molecule has 0 saturated heterocycles. The first-order chi connectivity index (χ1) is 17.9. The molecule has 1 aliphatic carbocycles. The van der Waals surface area contributed by atoms with Crippen LogP contribution in [0.25, 0.3) is 11.1 Å². The molecule has 1 fully saturated rings. The van der Waals surface area contributed by atoms with Gasteiger partial charge in [-0.2, -0.15) is 0 Å². The van der Waals surface area contributed by atoms with Crippen LogP contribution >= 0.6 is 0 Å². The van der Waals surface area contributed by atoms with E-state index < -0.39 is 23.7 Å². The molecule has 0 bridgehead atoms. The predicted molar refractivity (Wildman–Crippen MR) is 141 cm³/mol. The molecule has 37 heavy (non-hydrogen) atoms. The lowest BCUT2D eigenvalue weighted by Crippen LogP contribution is -2.46. The summed E-state index contributed by atoms with van der Waals surface area (Å²) in [5.74, 6) is 0.128. The first kappa shape index (κ1) is 25.4. The molecule has 1 amide bonds. The van der Waals surface area contributed by atoms with Gasteiger partial charge in [0.25, 0.3) is 5.91 Å². The van der Waals surface area contributed by atoms with Crippen LogP contribution < -0.4 is 10.1 Å². The maximum Gasteiger partial charge on any atom is 0.255 e. The third-order valence-electron chi connectivity index (χ3n) is 7.37. The fourth-order valence-corrected chi connectivity index (χ4v) is 5.57. The van der Waals surface area contributed by atoms with Crippen LogP contribution in [0.3, 0.4) is 0 Å². The summed E-state index contributed by atoms with van der Waals surface area (Å²) in [4.78, 5) is 15.2. The summed E-state index contributed by atoms with van der Waals surface area (Å²) in [5.41, 5.74) is 2.86. The summed E-state index contributed by atoms with van der Waals surface area (Å²) < 4.78 is 6.38. The Bertz CT molecular complexity index is 1190. The smallest absolute Gasteiger partial charge is 0.255 e. The number of rotatable bonds is 3. The van der Waals surface area contributed by atoms with Crippen molar-refractivity contribution in [2.75, 3.05) is 26.2 Å². The van der Waals surface area contributed by atoms with Crippen molar-refractivity contribution in [2.24, 2.45) is 5.41 Å². The number of hydrogen-bond acceptors (Lipinski definition) is 6. The number of aliphatic hydroxyl groups is 3. The quantitative estimate of drug-likeness (QED) is 0.439. The molecule has 5 rings (SSSR count). The summed E-state index contributed by atoms with van der Waals surface area (Å²) in [6.45, 7) is 1.77. The normalized spacial score (nSPS) is 27.0. The average Bonchev–Trinajstić information content (AvgIpc) is 3.19. The molecule has 194 valence electrons. The van der Waals surface area contributed by atoms with Gasteiger partial charge in [0.15, 0.2) is 0 Å². The number of aliphatic hydroxyl groups excluding tert-OH is 3. The van der Waals surface area contributed by atoms with Gasteiger partial charge in [0.2, 0.25) is 0 Å². The number of nitrogens with zero attached hydrogens (tertiary/aromatic N) is 1. The molecule has 4 atom stereocenters. The molecule has 3 aromatic carbocycles. The number of benzene rings is 3. The zero-order chi connectivity index (χ0) is 25.8. The molecule has 0 aromatic heterocycles. The van der Waals surface area contributed by atoms with Crippen LogP contribution in [0.2, 0.25) is 0 Å². The first-order valence-corrected chi connectivity index (χ1v) is 12.8. The number of carbonyl (C=O) groups excluding carboxylic acids is 1. The standard InChI is InChI=1S/C30H34N2O5/c33-24-16-31-29(36)25-12-11-23(22-9-5-2-6-10-22)13-28(25)37-20-30(14-26(34)27(35)15-30)19-32(18-24)17-21-7-3-1-4-8-21/h1-13,24,26-27,33-35H,14-20H2,(H,31,36)/t24-,26-,27+,30?/m0/s1. The van der Waals surface area contributed by atoms with Crippen LogP contribution in [-0.2, 0) is 6.54 Å². The fourth-order valence-electron chi connectivity index (χ4n) is 5.57. The lowest BCUT2D eigenvalue weighted by molar-refractivity contribution is 0.0401. The van der Waals surface area contributed by atoms with Crippen molar-refractivity contribution in [2.45, 2.75) is 37.7 Å². The van der Waals surface area contributed by atoms with Gasteiger partial charge in [-0.05, 0) is 41.7 Å². The summed E-state index contributed by atoms with van der Waals surface area (Å²) in [6, 6.07) is 25.4. The Labute approximate surface area is 217 Å². The van der Waals surface area contributed by atoms with E-state index in [4.69, 9.17) is 4.74 Å². The van der Waals surface area contributed by atoms with E-state index >= 15 is 0 Å². The Morgan fingerprint density at radius 3 is 2.27 bits per heavy atom.